The van der Waals surface area contributed by atoms with Crippen molar-refractivity contribution in [3.8, 4) is 5.75 Å². The maximum Gasteiger partial charge on any atom is 0.122 e. The Morgan fingerprint density at radius 2 is 1.68 bits per heavy atom. The Hall–Kier alpha value is 0.480. The van der Waals surface area contributed by atoms with E-state index in [1.807, 2.05) is 6.07 Å². The fraction of sp³-hybridized carbons (Fsp3) is 0.600. The molecule has 0 aromatic heterocycles. The minimum absolute atomic E-state index is 0. The fourth-order valence-corrected chi connectivity index (χ4v) is 4.37. The van der Waals surface area contributed by atoms with E-state index in [0.29, 0.717) is 5.75 Å². The number of rotatable bonds is 2. The number of nitrogens with zero attached hydrogens (tertiary/aromatic N) is 1. The van der Waals surface area contributed by atoms with E-state index in [4.69, 9.17) is 0 Å². The average molecular weight is 479 g/mol. The predicted octanol–water partition coefficient (Wildman–Crippen LogP) is 4.75. The normalized spacial score (nSPS) is 17.3. The molecule has 0 saturated carbocycles. The van der Waals surface area contributed by atoms with E-state index >= 15 is 0 Å². The minimum atomic E-state index is 0. The van der Waals surface area contributed by atoms with Crippen LogP contribution in [0.4, 0.5) is 0 Å². The summed E-state index contributed by atoms with van der Waals surface area (Å²) >= 11 is 7.05. The van der Waals surface area contributed by atoms with Gasteiger partial charge in [-0.1, -0.05) is 52.6 Å². The first-order chi connectivity index (χ1) is 9.30. The maximum absolute atomic E-state index is 10.4. The van der Waals surface area contributed by atoms with Crippen LogP contribution < -0.4 is 5.32 Å². The molecule has 1 fully saturated rings. The molecule has 2 rings (SSSR count). The first kappa shape index (κ1) is 22.5. The second-order valence-electron chi connectivity index (χ2n) is 6.37. The predicted molar refractivity (Wildman–Crippen MR) is 105 cm³/mol. The fourth-order valence-electron chi connectivity index (χ4n) is 2.95. The van der Waals surface area contributed by atoms with Crippen molar-refractivity contribution < 1.29 is 5.11 Å². The third kappa shape index (κ3) is 5.25. The quantitative estimate of drug-likeness (QED) is 0.643. The maximum atomic E-state index is 10.4. The molecule has 1 aromatic rings. The van der Waals surface area contributed by atoms with E-state index in [-0.39, 0.29) is 36.3 Å². The van der Waals surface area contributed by atoms with Gasteiger partial charge in [0.25, 0.3) is 0 Å². The number of hydrogen-bond donors (Lipinski definition) is 2. The second-order valence-corrected chi connectivity index (χ2v) is 8.14. The zero-order valence-corrected chi connectivity index (χ0v) is 17.8. The molecule has 1 aliphatic heterocycles. The zero-order chi connectivity index (χ0) is 14.9. The van der Waals surface area contributed by atoms with Crippen LogP contribution in [0, 0.1) is 5.41 Å². The van der Waals surface area contributed by atoms with Crippen molar-refractivity contribution in [3.05, 3.63) is 26.6 Å². The van der Waals surface area contributed by atoms with Crippen LogP contribution in [0.25, 0.3) is 0 Å². The molecular weight excluding hydrogens is 455 g/mol. The monoisotopic (exact) mass is 476 g/mol. The zero-order valence-electron chi connectivity index (χ0n) is 13.0. The van der Waals surface area contributed by atoms with E-state index in [2.05, 4.69) is 62.8 Å². The highest BCUT2D eigenvalue weighted by Crippen LogP contribution is 2.45. The Kier molecular flexibility index (Phi) is 9.29. The molecule has 0 amide bonds. The Balaban J connectivity index is 0.00000220. The van der Waals surface area contributed by atoms with Crippen molar-refractivity contribution in [3.63, 3.8) is 0 Å². The lowest BCUT2D eigenvalue weighted by atomic mass is 9.80. The van der Waals surface area contributed by atoms with Crippen LogP contribution in [0.1, 0.15) is 32.4 Å². The summed E-state index contributed by atoms with van der Waals surface area (Å²) < 4.78 is 1.85. The van der Waals surface area contributed by atoms with Gasteiger partial charge in [0.1, 0.15) is 5.75 Å². The molecular formula is C15H24Br2Cl2N2O. The molecule has 1 heterocycles. The van der Waals surface area contributed by atoms with Gasteiger partial charge in [-0.3, -0.25) is 4.90 Å². The Morgan fingerprint density at radius 1 is 1.14 bits per heavy atom. The highest BCUT2D eigenvalue weighted by atomic mass is 79.9. The Morgan fingerprint density at radius 3 is 2.14 bits per heavy atom. The highest BCUT2D eigenvalue weighted by molar-refractivity contribution is 9.11. The van der Waals surface area contributed by atoms with Crippen LogP contribution in [0.3, 0.4) is 0 Å². The lowest BCUT2D eigenvalue weighted by Gasteiger charge is -2.43. The van der Waals surface area contributed by atoms with Crippen molar-refractivity contribution in [1.82, 2.24) is 10.2 Å². The molecule has 0 spiro atoms. The first-order valence-electron chi connectivity index (χ1n) is 6.93. The molecule has 0 aliphatic carbocycles. The molecule has 1 atom stereocenters. The first-order valence-corrected chi connectivity index (χ1v) is 8.52. The van der Waals surface area contributed by atoms with Crippen LogP contribution in [0.5, 0.6) is 5.75 Å². The van der Waals surface area contributed by atoms with Gasteiger partial charge in [0.2, 0.25) is 0 Å². The highest BCUT2D eigenvalue weighted by Gasteiger charge is 2.35. The summed E-state index contributed by atoms with van der Waals surface area (Å²) in [5.74, 6) is 0.352. The largest absolute Gasteiger partial charge is 0.508 e. The van der Waals surface area contributed by atoms with Gasteiger partial charge < -0.3 is 10.4 Å². The number of piperazine rings is 1. The summed E-state index contributed by atoms with van der Waals surface area (Å²) in [7, 11) is 0. The van der Waals surface area contributed by atoms with Gasteiger partial charge in [0.15, 0.2) is 0 Å². The van der Waals surface area contributed by atoms with Crippen molar-refractivity contribution in [1.29, 1.82) is 0 Å². The molecule has 7 heteroatoms. The summed E-state index contributed by atoms with van der Waals surface area (Å²) in [5.41, 5.74) is 1.04. The Labute approximate surface area is 162 Å². The molecule has 0 radical (unpaired) electrons. The summed E-state index contributed by atoms with van der Waals surface area (Å²) in [6.07, 6.45) is 0. The third-order valence-corrected chi connectivity index (χ3v) is 4.80. The second kappa shape index (κ2) is 9.09. The lowest BCUT2D eigenvalue weighted by molar-refractivity contribution is 0.0837. The van der Waals surface area contributed by atoms with E-state index in [0.717, 1.165) is 40.7 Å². The standard InChI is InChI=1S/C15H22Br2N2O.2ClH/c1-15(2,3)14(19-6-4-18-5-7-19)13-11(17)8-10(16)9-12(13)20;;/h8-9,14,18,20H,4-7H2,1-3H3;2*1H/t14-;;/m0../s1. The van der Waals surface area contributed by atoms with Gasteiger partial charge in [0, 0.05) is 46.7 Å². The van der Waals surface area contributed by atoms with Crippen molar-refractivity contribution in [2.75, 3.05) is 26.2 Å². The molecule has 2 N–H and O–H groups in total. The lowest BCUT2D eigenvalue weighted by Crippen LogP contribution is -2.48. The van der Waals surface area contributed by atoms with Crippen molar-refractivity contribution in [2.24, 2.45) is 5.41 Å². The summed E-state index contributed by atoms with van der Waals surface area (Å²) in [6, 6.07) is 3.98. The number of nitrogens with one attached hydrogen (secondary N) is 1. The van der Waals surface area contributed by atoms with Gasteiger partial charge in [-0.2, -0.15) is 0 Å². The summed E-state index contributed by atoms with van der Waals surface area (Å²) in [4.78, 5) is 2.46. The summed E-state index contributed by atoms with van der Waals surface area (Å²) in [6.45, 7) is 10.7. The molecule has 1 aromatic carbocycles. The van der Waals surface area contributed by atoms with Crippen LogP contribution in [0.15, 0.2) is 21.1 Å². The molecule has 1 aliphatic rings. The van der Waals surface area contributed by atoms with Crippen molar-refractivity contribution >= 4 is 56.7 Å². The molecule has 0 bridgehead atoms. The van der Waals surface area contributed by atoms with Crippen LogP contribution >= 0.6 is 56.7 Å². The third-order valence-electron chi connectivity index (χ3n) is 3.68. The molecule has 128 valence electrons. The van der Waals surface area contributed by atoms with Crippen molar-refractivity contribution in [2.45, 2.75) is 26.8 Å². The van der Waals surface area contributed by atoms with Gasteiger partial charge in [-0.25, -0.2) is 0 Å². The van der Waals surface area contributed by atoms with E-state index < -0.39 is 0 Å². The van der Waals surface area contributed by atoms with Gasteiger partial charge >= 0.3 is 0 Å². The molecule has 1 saturated heterocycles. The summed E-state index contributed by atoms with van der Waals surface area (Å²) in [5, 5.41) is 13.8. The average Bonchev–Trinajstić information content (AvgIpc) is 2.33. The van der Waals surface area contributed by atoms with Crippen LogP contribution in [-0.2, 0) is 0 Å². The molecule has 0 unspecified atom stereocenters. The smallest absolute Gasteiger partial charge is 0.122 e. The van der Waals surface area contributed by atoms with Gasteiger partial charge in [0.05, 0.1) is 0 Å². The van der Waals surface area contributed by atoms with E-state index in [9.17, 15) is 5.11 Å². The number of benzene rings is 1. The van der Waals surface area contributed by atoms with Gasteiger partial charge in [-0.15, -0.1) is 24.8 Å². The van der Waals surface area contributed by atoms with E-state index in [1.54, 1.807) is 6.07 Å². The van der Waals surface area contributed by atoms with Crippen LogP contribution in [0.2, 0.25) is 0 Å². The van der Waals surface area contributed by atoms with Gasteiger partial charge in [-0.05, 0) is 17.5 Å². The molecule has 3 nitrogen and oxygen atoms in total. The van der Waals surface area contributed by atoms with Crippen LogP contribution in [-0.4, -0.2) is 36.2 Å². The number of phenols is 1. The molecule has 22 heavy (non-hydrogen) atoms. The topological polar surface area (TPSA) is 35.5 Å². The SMILES string of the molecule is CC(C)(C)[C@H](c1c(O)cc(Br)cc1Br)N1CCNCC1.Cl.Cl. The number of hydrogen-bond acceptors (Lipinski definition) is 3. The minimum Gasteiger partial charge on any atom is -0.508 e. The Bertz CT molecular complexity index is 466. The number of phenolic OH excluding ortho intramolecular Hbond substituents is 1. The number of halogens is 4. The van der Waals surface area contributed by atoms with E-state index in [1.165, 1.54) is 0 Å². The number of aromatic hydroxyl groups is 1.